The van der Waals surface area contributed by atoms with Gasteiger partial charge in [-0.15, -0.1) is 10.2 Å². The molecule has 14 heavy (non-hydrogen) atoms. The van der Waals surface area contributed by atoms with Crippen molar-refractivity contribution in [3.8, 4) is 0 Å². The summed E-state index contributed by atoms with van der Waals surface area (Å²) in [6.45, 7) is 1.98. The van der Waals surface area contributed by atoms with Crippen LogP contribution in [0.4, 0.5) is 0 Å². The van der Waals surface area contributed by atoms with E-state index in [1.807, 2.05) is 25.7 Å². The Hall–Kier alpha value is -0.0300. The standard InChI is InChI=1S/C9H14BrN3S/c1-7-11-12-8(13(7)2)14-6-9(5-10)3-4-9/h3-6H2,1-2H3. The number of hydrogen-bond acceptors (Lipinski definition) is 3. The Labute approximate surface area is 96.8 Å². The Balaban J connectivity index is 1.95. The Morgan fingerprint density at radius 1 is 1.50 bits per heavy atom. The van der Waals surface area contributed by atoms with E-state index in [0.29, 0.717) is 5.41 Å². The van der Waals surface area contributed by atoms with Gasteiger partial charge in [0.15, 0.2) is 5.16 Å². The van der Waals surface area contributed by atoms with Gasteiger partial charge in [0.2, 0.25) is 0 Å². The molecule has 0 N–H and O–H groups in total. The molecule has 5 heteroatoms. The van der Waals surface area contributed by atoms with E-state index in [4.69, 9.17) is 0 Å². The molecule has 1 fully saturated rings. The van der Waals surface area contributed by atoms with Gasteiger partial charge in [-0.05, 0) is 25.2 Å². The molecule has 0 spiro atoms. The zero-order valence-electron chi connectivity index (χ0n) is 8.46. The SMILES string of the molecule is Cc1nnc(SCC2(CBr)CC2)n1C. The summed E-state index contributed by atoms with van der Waals surface area (Å²) in [7, 11) is 2.02. The Kier molecular flexibility index (Phi) is 2.88. The van der Waals surface area contributed by atoms with Crippen LogP contribution in [0.3, 0.4) is 0 Å². The van der Waals surface area contributed by atoms with Gasteiger partial charge < -0.3 is 4.57 Å². The highest BCUT2D eigenvalue weighted by Gasteiger charge is 2.41. The summed E-state index contributed by atoms with van der Waals surface area (Å²) < 4.78 is 2.05. The third-order valence-corrected chi connectivity index (χ3v) is 5.36. The monoisotopic (exact) mass is 275 g/mol. The van der Waals surface area contributed by atoms with Crippen molar-refractivity contribution in [1.82, 2.24) is 14.8 Å². The summed E-state index contributed by atoms with van der Waals surface area (Å²) in [4.78, 5) is 0. The number of hydrogen-bond donors (Lipinski definition) is 0. The first kappa shape index (κ1) is 10.5. The number of nitrogens with zero attached hydrogens (tertiary/aromatic N) is 3. The van der Waals surface area contributed by atoms with Gasteiger partial charge in [-0.1, -0.05) is 27.7 Å². The topological polar surface area (TPSA) is 30.7 Å². The van der Waals surface area contributed by atoms with Crippen LogP contribution in [-0.2, 0) is 7.05 Å². The largest absolute Gasteiger partial charge is 0.309 e. The van der Waals surface area contributed by atoms with Gasteiger partial charge in [0.1, 0.15) is 5.82 Å². The lowest BCUT2D eigenvalue weighted by molar-refractivity contribution is 0.680. The second-order valence-corrected chi connectivity index (χ2v) is 5.51. The molecule has 0 aliphatic heterocycles. The molecule has 1 aliphatic carbocycles. The summed E-state index contributed by atoms with van der Waals surface area (Å²) in [6.07, 6.45) is 2.70. The molecule has 0 bridgehead atoms. The molecule has 1 aromatic rings. The Bertz CT molecular complexity index is 333. The van der Waals surface area contributed by atoms with Crippen LogP contribution in [0.1, 0.15) is 18.7 Å². The van der Waals surface area contributed by atoms with Crippen molar-refractivity contribution in [2.75, 3.05) is 11.1 Å². The van der Waals surface area contributed by atoms with Crippen LogP contribution in [0.5, 0.6) is 0 Å². The van der Waals surface area contributed by atoms with Crippen molar-refractivity contribution in [2.24, 2.45) is 12.5 Å². The second kappa shape index (κ2) is 3.85. The van der Waals surface area contributed by atoms with Crippen LogP contribution in [-0.4, -0.2) is 25.8 Å². The second-order valence-electron chi connectivity index (χ2n) is 4.01. The minimum Gasteiger partial charge on any atom is -0.309 e. The molecule has 0 aromatic carbocycles. The highest BCUT2D eigenvalue weighted by atomic mass is 79.9. The minimum atomic E-state index is 0.546. The third-order valence-electron chi connectivity index (χ3n) is 2.80. The fraction of sp³-hybridized carbons (Fsp3) is 0.778. The normalized spacial score (nSPS) is 18.5. The average molecular weight is 276 g/mol. The van der Waals surface area contributed by atoms with E-state index in [1.165, 1.54) is 12.8 Å². The molecule has 0 radical (unpaired) electrons. The highest BCUT2D eigenvalue weighted by molar-refractivity contribution is 9.09. The van der Waals surface area contributed by atoms with Crippen molar-refractivity contribution in [2.45, 2.75) is 24.9 Å². The maximum absolute atomic E-state index is 4.14. The van der Waals surface area contributed by atoms with Gasteiger partial charge in [0.25, 0.3) is 0 Å². The number of aryl methyl sites for hydroxylation is 1. The molecule has 0 atom stereocenters. The van der Waals surface area contributed by atoms with Crippen LogP contribution >= 0.6 is 27.7 Å². The van der Waals surface area contributed by atoms with Gasteiger partial charge in [-0.25, -0.2) is 0 Å². The third kappa shape index (κ3) is 1.98. The van der Waals surface area contributed by atoms with E-state index in [-0.39, 0.29) is 0 Å². The molecule has 2 rings (SSSR count). The van der Waals surface area contributed by atoms with Crippen molar-refractivity contribution >= 4 is 27.7 Å². The summed E-state index contributed by atoms with van der Waals surface area (Å²) in [5.41, 5.74) is 0.546. The van der Waals surface area contributed by atoms with E-state index < -0.39 is 0 Å². The quantitative estimate of drug-likeness (QED) is 0.625. The van der Waals surface area contributed by atoms with Crippen LogP contribution in [0.15, 0.2) is 5.16 Å². The molecule has 1 aromatic heterocycles. The van der Waals surface area contributed by atoms with Gasteiger partial charge in [-0.2, -0.15) is 0 Å². The summed E-state index contributed by atoms with van der Waals surface area (Å²) in [5, 5.41) is 10.3. The first-order valence-electron chi connectivity index (χ1n) is 4.72. The van der Waals surface area contributed by atoms with Crippen molar-refractivity contribution < 1.29 is 0 Å². The number of rotatable bonds is 4. The lowest BCUT2D eigenvalue weighted by atomic mass is 10.2. The van der Waals surface area contributed by atoms with E-state index >= 15 is 0 Å². The highest BCUT2D eigenvalue weighted by Crippen LogP contribution is 2.50. The van der Waals surface area contributed by atoms with E-state index in [0.717, 1.165) is 22.1 Å². The smallest absolute Gasteiger partial charge is 0.190 e. The first-order valence-corrected chi connectivity index (χ1v) is 6.82. The molecule has 3 nitrogen and oxygen atoms in total. The van der Waals surface area contributed by atoms with Crippen LogP contribution in [0.2, 0.25) is 0 Å². The van der Waals surface area contributed by atoms with E-state index in [2.05, 4.69) is 30.7 Å². The van der Waals surface area contributed by atoms with Crippen molar-refractivity contribution in [1.29, 1.82) is 0 Å². The predicted molar refractivity (Wildman–Crippen MR) is 61.9 cm³/mol. The number of alkyl halides is 1. The Morgan fingerprint density at radius 3 is 2.64 bits per heavy atom. The zero-order chi connectivity index (χ0) is 10.2. The average Bonchev–Trinajstić information content (AvgIpc) is 2.91. The molecule has 0 unspecified atom stereocenters. The van der Waals surface area contributed by atoms with E-state index in [1.54, 1.807) is 0 Å². The maximum atomic E-state index is 4.14. The molecule has 0 saturated heterocycles. The first-order chi connectivity index (χ1) is 6.67. The number of thioether (sulfide) groups is 1. The van der Waals surface area contributed by atoms with Gasteiger partial charge in [0, 0.05) is 18.1 Å². The molecular weight excluding hydrogens is 262 g/mol. The number of aromatic nitrogens is 3. The fourth-order valence-corrected chi connectivity index (χ4v) is 3.50. The fourth-order valence-electron chi connectivity index (χ4n) is 1.22. The minimum absolute atomic E-state index is 0.546. The van der Waals surface area contributed by atoms with Gasteiger partial charge in [-0.3, -0.25) is 0 Å². The van der Waals surface area contributed by atoms with E-state index in [9.17, 15) is 0 Å². The Morgan fingerprint density at radius 2 is 2.21 bits per heavy atom. The summed E-state index contributed by atoms with van der Waals surface area (Å²) in [6, 6.07) is 0. The molecule has 78 valence electrons. The lowest BCUT2D eigenvalue weighted by Gasteiger charge is -2.09. The molecule has 1 saturated carbocycles. The van der Waals surface area contributed by atoms with Crippen LogP contribution < -0.4 is 0 Å². The number of halogens is 1. The van der Waals surface area contributed by atoms with Crippen LogP contribution in [0, 0.1) is 12.3 Å². The predicted octanol–water partition coefficient (Wildman–Crippen LogP) is 2.39. The maximum Gasteiger partial charge on any atom is 0.190 e. The van der Waals surface area contributed by atoms with Crippen molar-refractivity contribution in [3.63, 3.8) is 0 Å². The molecule has 0 amide bonds. The van der Waals surface area contributed by atoms with Crippen LogP contribution in [0.25, 0.3) is 0 Å². The molecular formula is C9H14BrN3S. The summed E-state index contributed by atoms with van der Waals surface area (Å²) in [5.74, 6) is 2.14. The molecule has 1 heterocycles. The zero-order valence-corrected chi connectivity index (χ0v) is 10.9. The van der Waals surface area contributed by atoms with Crippen molar-refractivity contribution in [3.05, 3.63) is 5.82 Å². The molecule has 1 aliphatic rings. The van der Waals surface area contributed by atoms with Gasteiger partial charge in [0.05, 0.1) is 0 Å². The lowest BCUT2D eigenvalue weighted by Crippen LogP contribution is -2.06. The summed E-state index contributed by atoms with van der Waals surface area (Å²) >= 11 is 5.40. The van der Waals surface area contributed by atoms with Gasteiger partial charge >= 0.3 is 0 Å².